The predicted octanol–water partition coefficient (Wildman–Crippen LogP) is 3.16. The van der Waals surface area contributed by atoms with Crippen LogP contribution in [0.2, 0.25) is 0 Å². The summed E-state index contributed by atoms with van der Waals surface area (Å²) in [7, 11) is 0. The van der Waals surface area contributed by atoms with E-state index in [1.54, 1.807) is 6.07 Å². The van der Waals surface area contributed by atoms with Crippen LogP contribution in [0.4, 0.5) is 0 Å². The first kappa shape index (κ1) is 13.6. The van der Waals surface area contributed by atoms with E-state index in [9.17, 15) is 9.90 Å². The summed E-state index contributed by atoms with van der Waals surface area (Å²) in [5.74, 6) is 0.202. The Morgan fingerprint density at radius 1 is 0.917 bits per heavy atom. The lowest BCUT2D eigenvalue weighted by molar-refractivity contribution is 0.0699. The number of carboxylic acid groups (broad SMARTS) is 1. The molecule has 0 unspecified atom stereocenters. The average molecular weight is 316 g/mol. The molecule has 3 aromatic rings. The molecule has 0 saturated carbocycles. The number of fused-ring (bicyclic) bond motifs is 6. The van der Waals surface area contributed by atoms with Crippen molar-refractivity contribution >= 4 is 38.8 Å². The molecule has 3 heteroatoms. The van der Waals surface area contributed by atoms with E-state index in [1.807, 2.05) is 18.2 Å². The van der Waals surface area contributed by atoms with Gasteiger partial charge in [0.15, 0.2) is 0 Å². The zero-order chi connectivity index (χ0) is 16.3. The summed E-state index contributed by atoms with van der Waals surface area (Å²) in [6.45, 7) is 0.713. The van der Waals surface area contributed by atoms with Gasteiger partial charge in [-0.15, -0.1) is 0 Å². The standard InChI is InChI=1S/C21H16O3/c22-21(23)18-5-2-4-14-15-8-7-13-12-3-1-6-19(24-11-12)20(13)17(15)10-9-16(14)18/h2,4-5,7-10H,1,3,6,11H2,(H,22,23). The molecule has 0 amide bonds. The maximum atomic E-state index is 11.5. The van der Waals surface area contributed by atoms with E-state index in [0.29, 0.717) is 12.2 Å². The van der Waals surface area contributed by atoms with E-state index in [0.717, 1.165) is 46.6 Å². The molecule has 118 valence electrons. The van der Waals surface area contributed by atoms with Crippen molar-refractivity contribution in [1.82, 2.24) is 0 Å². The molecular formula is C21H16O3. The summed E-state index contributed by atoms with van der Waals surface area (Å²) in [5.41, 5.74) is 1.73. The smallest absolute Gasteiger partial charge is 0.336 e. The van der Waals surface area contributed by atoms with Gasteiger partial charge < -0.3 is 9.84 Å². The SMILES string of the molecule is O=C(O)c1cccc2c1ccc1c3c(ccc12)=C1CCCC=3OC1. The highest BCUT2D eigenvalue weighted by Crippen LogP contribution is 2.28. The van der Waals surface area contributed by atoms with Gasteiger partial charge >= 0.3 is 5.97 Å². The fourth-order valence-electron chi connectivity index (χ4n) is 4.15. The zero-order valence-corrected chi connectivity index (χ0v) is 13.1. The highest BCUT2D eigenvalue weighted by atomic mass is 16.5. The summed E-state index contributed by atoms with van der Waals surface area (Å²) in [4.78, 5) is 11.5. The van der Waals surface area contributed by atoms with Crippen LogP contribution in [-0.4, -0.2) is 17.7 Å². The van der Waals surface area contributed by atoms with Gasteiger partial charge in [0.1, 0.15) is 12.4 Å². The lowest BCUT2D eigenvalue weighted by Gasteiger charge is -2.16. The molecule has 3 nitrogen and oxygen atoms in total. The van der Waals surface area contributed by atoms with Gasteiger partial charge in [-0.3, -0.25) is 0 Å². The molecule has 6 rings (SSSR count). The minimum Gasteiger partial charge on any atom is -0.493 e. The number of hydrogen-bond acceptors (Lipinski definition) is 2. The maximum absolute atomic E-state index is 11.5. The molecule has 1 N–H and O–H groups in total. The molecule has 0 aromatic heterocycles. The van der Waals surface area contributed by atoms with Crippen molar-refractivity contribution in [2.45, 2.75) is 19.3 Å². The van der Waals surface area contributed by atoms with Gasteiger partial charge in [-0.05, 0) is 51.2 Å². The van der Waals surface area contributed by atoms with Crippen LogP contribution in [0.3, 0.4) is 0 Å². The van der Waals surface area contributed by atoms with Gasteiger partial charge in [0, 0.05) is 11.6 Å². The minimum absolute atomic E-state index is 0.351. The second-order valence-corrected chi connectivity index (χ2v) is 6.52. The lowest BCUT2D eigenvalue weighted by Crippen LogP contribution is -2.34. The predicted molar refractivity (Wildman–Crippen MR) is 94.3 cm³/mol. The van der Waals surface area contributed by atoms with Crippen LogP contribution in [0.15, 0.2) is 42.5 Å². The van der Waals surface area contributed by atoms with Crippen molar-refractivity contribution in [1.29, 1.82) is 0 Å². The highest BCUT2D eigenvalue weighted by Gasteiger charge is 2.19. The maximum Gasteiger partial charge on any atom is 0.336 e. The van der Waals surface area contributed by atoms with Crippen molar-refractivity contribution < 1.29 is 14.6 Å². The fraction of sp³-hybridized carbons (Fsp3) is 0.190. The van der Waals surface area contributed by atoms with Crippen molar-refractivity contribution in [3.63, 3.8) is 0 Å². The van der Waals surface area contributed by atoms with E-state index in [-0.39, 0.29) is 0 Å². The molecule has 3 aliphatic rings. The molecule has 1 saturated heterocycles. The van der Waals surface area contributed by atoms with Gasteiger partial charge in [0.25, 0.3) is 0 Å². The normalized spacial score (nSPS) is 16.2. The largest absolute Gasteiger partial charge is 0.493 e. The number of aromatic carboxylic acids is 1. The summed E-state index contributed by atoms with van der Waals surface area (Å²) in [6, 6.07) is 13.8. The molecule has 1 fully saturated rings. The lowest BCUT2D eigenvalue weighted by atomic mass is 9.95. The zero-order valence-electron chi connectivity index (χ0n) is 13.1. The number of carboxylic acids is 1. The first-order chi connectivity index (χ1) is 11.7. The Morgan fingerprint density at radius 3 is 2.58 bits per heavy atom. The van der Waals surface area contributed by atoms with Crippen molar-refractivity contribution in [3.05, 3.63) is 58.5 Å². The highest BCUT2D eigenvalue weighted by molar-refractivity contribution is 6.14. The molecule has 24 heavy (non-hydrogen) atoms. The number of rotatable bonds is 1. The Hall–Kier alpha value is -2.81. The topological polar surface area (TPSA) is 46.5 Å². The van der Waals surface area contributed by atoms with Crippen molar-refractivity contribution in [2.75, 3.05) is 6.61 Å². The number of carbonyl (C=O) groups is 1. The van der Waals surface area contributed by atoms with E-state index in [4.69, 9.17) is 4.74 Å². The second kappa shape index (κ2) is 4.84. The van der Waals surface area contributed by atoms with E-state index < -0.39 is 5.97 Å². The molecule has 3 aromatic carbocycles. The van der Waals surface area contributed by atoms with Crippen LogP contribution >= 0.6 is 0 Å². The van der Waals surface area contributed by atoms with E-state index >= 15 is 0 Å². The Morgan fingerprint density at radius 2 is 1.71 bits per heavy atom. The van der Waals surface area contributed by atoms with Gasteiger partial charge in [0.2, 0.25) is 0 Å². The van der Waals surface area contributed by atoms with Crippen LogP contribution in [-0.2, 0) is 4.74 Å². The summed E-state index contributed by atoms with van der Waals surface area (Å²) in [6.07, 6.45) is 3.21. The number of ether oxygens (including phenoxy) is 1. The molecule has 2 bridgehead atoms. The molecular weight excluding hydrogens is 300 g/mol. The molecule has 1 aliphatic carbocycles. The van der Waals surface area contributed by atoms with Crippen LogP contribution in [0.1, 0.15) is 29.6 Å². The van der Waals surface area contributed by atoms with Gasteiger partial charge in [-0.1, -0.05) is 36.4 Å². The Labute approximate surface area is 138 Å². The quantitative estimate of drug-likeness (QED) is 0.702. The van der Waals surface area contributed by atoms with Crippen molar-refractivity contribution in [2.24, 2.45) is 0 Å². The third kappa shape index (κ3) is 1.75. The molecule has 0 radical (unpaired) electrons. The Bertz CT molecular complexity index is 1160. The monoisotopic (exact) mass is 316 g/mol. The third-order valence-corrected chi connectivity index (χ3v) is 5.25. The molecule has 0 atom stereocenters. The van der Waals surface area contributed by atoms with Crippen molar-refractivity contribution in [3.8, 4) is 0 Å². The Balaban J connectivity index is 2.01. The van der Waals surface area contributed by atoms with Crippen LogP contribution < -0.4 is 10.4 Å². The molecule has 2 aliphatic heterocycles. The third-order valence-electron chi connectivity index (χ3n) is 5.25. The van der Waals surface area contributed by atoms with E-state index in [2.05, 4.69) is 18.2 Å². The number of benzene rings is 3. The first-order valence-corrected chi connectivity index (χ1v) is 8.30. The molecule has 0 spiro atoms. The average Bonchev–Trinajstić information content (AvgIpc) is 2.95. The number of hydrogen-bond donors (Lipinski definition) is 1. The van der Waals surface area contributed by atoms with Gasteiger partial charge in [-0.25, -0.2) is 4.79 Å². The van der Waals surface area contributed by atoms with Crippen LogP contribution in [0.5, 0.6) is 0 Å². The van der Waals surface area contributed by atoms with Gasteiger partial charge in [-0.2, -0.15) is 0 Å². The molecule has 2 heterocycles. The van der Waals surface area contributed by atoms with E-state index in [1.165, 1.54) is 16.0 Å². The van der Waals surface area contributed by atoms with Crippen LogP contribution in [0.25, 0.3) is 32.9 Å². The van der Waals surface area contributed by atoms with Crippen LogP contribution in [0, 0.1) is 0 Å². The fourth-order valence-corrected chi connectivity index (χ4v) is 4.15. The van der Waals surface area contributed by atoms with Gasteiger partial charge in [0.05, 0.1) is 5.56 Å². The first-order valence-electron chi connectivity index (χ1n) is 8.30. The summed E-state index contributed by atoms with van der Waals surface area (Å²) in [5, 5.41) is 16.0. The summed E-state index contributed by atoms with van der Waals surface area (Å²) >= 11 is 0. The Kier molecular flexibility index (Phi) is 2.75. The summed E-state index contributed by atoms with van der Waals surface area (Å²) < 4.78 is 6.00. The minimum atomic E-state index is -0.887. The second-order valence-electron chi connectivity index (χ2n) is 6.52.